The van der Waals surface area contributed by atoms with Crippen LogP contribution in [0, 0.1) is 0 Å². The van der Waals surface area contributed by atoms with Crippen molar-refractivity contribution in [2.24, 2.45) is 0 Å². The van der Waals surface area contributed by atoms with Gasteiger partial charge >= 0.3 is 12.1 Å². The van der Waals surface area contributed by atoms with E-state index in [2.05, 4.69) is 4.74 Å². The van der Waals surface area contributed by atoms with E-state index in [1.165, 1.54) is 6.92 Å². The smallest absolute Gasteiger partial charge is 0.389 e. The Balaban J connectivity index is 3.97. The Labute approximate surface area is 89.8 Å². The fourth-order valence-corrected chi connectivity index (χ4v) is 0.832. The Hall–Kier alpha value is -1.40. The van der Waals surface area contributed by atoms with Crippen LogP contribution in [0.15, 0.2) is 0 Å². The Morgan fingerprint density at radius 3 is 2.19 bits per heavy atom. The molecule has 0 heterocycles. The molecule has 0 fully saturated rings. The molecule has 0 rings (SSSR count). The van der Waals surface area contributed by atoms with Gasteiger partial charge in [0.2, 0.25) is 5.78 Å². The van der Waals surface area contributed by atoms with Crippen molar-refractivity contribution in [2.45, 2.75) is 32.4 Å². The first-order valence-corrected chi connectivity index (χ1v) is 4.54. The molecule has 4 nitrogen and oxygen atoms in total. The van der Waals surface area contributed by atoms with Crippen LogP contribution in [0.4, 0.5) is 13.2 Å². The average molecular weight is 240 g/mol. The summed E-state index contributed by atoms with van der Waals surface area (Å²) < 4.78 is 39.4. The molecule has 0 bridgehead atoms. The number of hydrogen-bond acceptors (Lipinski definition) is 4. The molecule has 0 saturated carbocycles. The van der Waals surface area contributed by atoms with Crippen LogP contribution in [-0.2, 0) is 19.1 Å². The molecule has 0 aliphatic rings. The number of hydrogen-bond donors (Lipinski definition) is 0. The molecular weight excluding hydrogens is 229 g/mol. The summed E-state index contributed by atoms with van der Waals surface area (Å²) in [5.41, 5.74) is 0. The van der Waals surface area contributed by atoms with Crippen molar-refractivity contribution >= 4 is 17.5 Å². The highest BCUT2D eigenvalue weighted by Crippen LogP contribution is 2.21. The highest BCUT2D eigenvalue weighted by Gasteiger charge is 2.29. The minimum atomic E-state index is -4.44. The third kappa shape index (κ3) is 6.97. The molecule has 0 aliphatic heterocycles. The molecule has 0 aromatic heterocycles. The van der Waals surface area contributed by atoms with Gasteiger partial charge in [0.05, 0.1) is 19.4 Å². The normalized spacial score (nSPS) is 11.0. The van der Waals surface area contributed by atoms with Gasteiger partial charge in [0.1, 0.15) is 5.78 Å². The van der Waals surface area contributed by atoms with Crippen molar-refractivity contribution in [3.63, 3.8) is 0 Å². The number of Topliss-reactive ketones (excluding diaryl/α,β-unsaturated/α-hetero) is 2. The molecule has 0 spiro atoms. The second kappa shape index (κ2) is 6.24. The van der Waals surface area contributed by atoms with Crippen LogP contribution in [0.25, 0.3) is 0 Å². The van der Waals surface area contributed by atoms with Crippen molar-refractivity contribution in [1.29, 1.82) is 0 Å². The molecule has 0 amide bonds. The van der Waals surface area contributed by atoms with Gasteiger partial charge in [-0.05, 0) is 6.92 Å². The Morgan fingerprint density at radius 2 is 1.75 bits per heavy atom. The second-order valence-corrected chi connectivity index (χ2v) is 2.97. The van der Waals surface area contributed by atoms with Gasteiger partial charge in [-0.1, -0.05) is 0 Å². The number of halogens is 3. The highest BCUT2D eigenvalue weighted by molar-refractivity contribution is 6.37. The minimum Gasteiger partial charge on any atom is -0.460 e. The van der Waals surface area contributed by atoms with Gasteiger partial charge < -0.3 is 4.74 Å². The quantitative estimate of drug-likeness (QED) is 0.400. The zero-order valence-corrected chi connectivity index (χ0v) is 8.60. The first kappa shape index (κ1) is 14.6. The van der Waals surface area contributed by atoms with Crippen LogP contribution in [0.1, 0.15) is 26.2 Å². The standard InChI is InChI=1S/C9H11F3O4/c1-2-16-8(15)7(14)5-6(13)3-4-9(10,11)12/h2-5H2,1H3. The number of ketones is 2. The molecule has 0 aromatic rings. The van der Waals surface area contributed by atoms with E-state index in [-0.39, 0.29) is 6.61 Å². The van der Waals surface area contributed by atoms with E-state index in [1.54, 1.807) is 0 Å². The molecule has 0 radical (unpaired) electrons. The Bertz CT molecular complexity index is 283. The molecule has 0 N–H and O–H groups in total. The summed E-state index contributed by atoms with van der Waals surface area (Å²) in [5, 5.41) is 0. The molecule has 7 heteroatoms. The summed E-state index contributed by atoms with van der Waals surface area (Å²) in [7, 11) is 0. The molecule has 0 unspecified atom stereocenters. The van der Waals surface area contributed by atoms with Gasteiger partial charge in [0.15, 0.2) is 0 Å². The summed E-state index contributed by atoms with van der Waals surface area (Å²) in [6, 6.07) is 0. The molecule has 0 aliphatic carbocycles. The van der Waals surface area contributed by atoms with Crippen LogP contribution in [-0.4, -0.2) is 30.3 Å². The first-order valence-electron chi connectivity index (χ1n) is 4.54. The number of ether oxygens (including phenoxy) is 1. The fourth-order valence-electron chi connectivity index (χ4n) is 0.832. The number of carbonyl (C=O) groups is 3. The highest BCUT2D eigenvalue weighted by atomic mass is 19.4. The van der Waals surface area contributed by atoms with Crippen molar-refractivity contribution in [3.8, 4) is 0 Å². The van der Waals surface area contributed by atoms with Crippen LogP contribution >= 0.6 is 0 Å². The summed E-state index contributed by atoms with van der Waals surface area (Å²) in [6.07, 6.45) is -7.37. The van der Waals surface area contributed by atoms with Crippen molar-refractivity contribution in [1.82, 2.24) is 0 Å². The summed E-state index contributed by atoms with van der Waals surface area (Å²) >= 11 is 0. The van der Waals surface area contributed by atoms with Gasteiger partial charge in [-0.25, -0.2) is 4.79 Å². The lowest BCUT2D eigenvalue weighted by Gasteiger charge is -2.04. The monoisotopic (exact) mass is 240 g/mol. The fraction of sp³-hybridized carbons (Fsp3) is 0.667. The zero-order chi connectivity index (χ0) is 12.8. The maximum absolute atomic E-state index is 11.7. The van der Waals surface area contributed by atoms with Crippen LogP contribution in [0.3, 0.4) is 0 Å². The van der Waals surface area contributed by atoms with Crippen molar-refractivity contribution in [2.75, 3.05) is 6.61 Å². The topological polar surface area (TPSA) is 60.4 Å². The molecule has 0 aromatic carbocycles. The van der Waals surface area contributed by atoms with Crippen LogP contribution < -0.4 is 0 Å². The molecule has 0 atom stereocenters. The van der Waals surface area contributed by atoms with Gasteiger partial charge in [0, 0.05) is 6.42 Å². The zero-order valence-electron chi connectivity index (χ0n) is 8.60. The predicted molar refractivity (Wildman–Crippen MR) is 46.6 cm³/mol. The predicted octanol–water partition coefficient (Wildman–Crippen LogP) is 1.42. The van der Waals surface area contributed by atoms with E-state index < -0.39 is 43.0 Å². The second-order valence-electron chi connectivity index (χ2n) is 2.97. The van der Waals surface area contributed by atoms with E-state index in [9.17, 15) is 27.6 Å². The summed E-state index contributed by atoms with van der Waals surface area (Å²) in [4.78, 5) is 32.5. The van der Waals surface area contributed by atoms with E-state index in [1.807, 2.05) is 0 Å². The van der Waals surface area contributed by atoms with Crippen molar-refractivity contribution in [3.05, 3.63) is 0 Å². The van der Waals surface area contributed by atoms with Gasteiger partial charge in [0.25, 0.3) is 0 Å². The van der Waals surface area contributed by atoms with Gasteiger partial charge in [-0.3, -0.25) is 9.59 Å². The lowest BCUT2D eigenvalue weighted by molar-refractivity contribution is -0.155. The SMILES string of the molecule is CCOC(=O)C(=O)CC(=O)CCC(F)(F)F. The molecule has 16 heavy (non-hydrogen) atoms. The minimum absolute atomic E-state index is 0.0265. The third-order valence-corrected chi connectivity index (χ3v) is 1.55. The first-order chi connectivity index (χ1) is 7.26. The largest absolute Gasteiger partial charge is 0.460 e. The average Bonchev–Trinajstić information content (AvgIpc) is 2.14. The van der Waals surface area contributed by atoms with Crippen LogP contribution in [0.2, 0.25) is 0 Å². The van der Waals surface area contributed by atoms with Crippen LogP contribution in [0.5, 0.6) is 0 Å². The number of carbonyl (C=O) groups excluding carboxylic acids is 3. The Kier molecular flexibility index (Phi) is 5.69. The maximum atomic E-state index is 11.7. The lowest BCUT2D eigenvalue weighted by Crippen LogP contribution is -2.21. The number of rotatable bonds is 6. The van der Waals surface area contributed by atoms with Gasteiger partial charge in [-0.2, -0.15) is 13.2 Å². The Morgan fingerprint density at radius 1 is 1.19 bits per heavy atom. The lowest BCUT2D eigenvalue weighted by atomic mass is 10.1. The molecule has 92 valence electrons. The third-order valence-electron chi connectivity index (χ3n) is 1.55. The van der Waals surface area contributed by atoms with Crippen molar-refractivity contribution < 1.29 is 32.3 Å². The molecular formula is C9H11F3O4. The van der Waals surface area contributed by atoms with E-state index in [4.69, 9.17) is 0 Å². The van der Waals surface area contributed by atoms with E-state index in [0.717, 1.165) is 0 Å². The van der Waals surface area contributed by atoms with E-state index >= 15 is 0 Å². The number of alkyl halides is 3. The maximum Gasteiger partial charge on any atom is 0.389 e. The number of esters is 1. The van der Waals surface area contributed by atoms with Gasteiger partial charge in [-0.15, -0.1) is 0 Å². The van der Waals surface area contributed by atoms with E-state index in [0.29, 0.717) is 0 Å². The summed E-state index contributed by atoms with van der Waals surface area (Å²) in [6.45, 7) is 1.44. The molecule has 0 saturated heterocycles. The summed E-state index contributed by atoms with van der Waals surface area (Å²) in [5.74, 6) is -3.23.